The number of aromatic nitrogens is 1. The van der Waals surface area contributed by atoms with Gasteiger partial charge in [-0.15, -0.1) is 23.2 Å². The van der Waals surface area contributed by atoms with Crippen molar-refractivity contribution in [2.75, 3.05) is 6.61 Å². The number of hydrogen-bond donors (Lipinski definition) is 1. The van der Waals surface area contributed by atoms with E-state index in [0.29, 0.717) is 37.0 Å². The zero-order chi connectivity index (χ0) is 17.9. The predicted molar refractivity (Wildman–Crippen MR) is 96.3 cm³/mol. The first-order valence-corrected chi connectivity index (χ1v) is 8.75. The molecule has 5 nitrogen and oxygen atoms in total. The molecule has 1 aliphatic carbocycles. The van der Waals surface area contributed by atoms with Crippen molar-refractivity contribution in [3.05, 3.63) is 48.2 Å². The van der Waals surface area contributed by atoms with Crippen molar-refractivity contribution < 1.29 is 14.3 Å². The Balaban J connectivity index is 1.56. The summed E-state index contributed by atoms with van der Waals surface area (Å²) in [6, 6.07) is 11.0. The Bertz CT molecular complexity index is 750. The van der Waals surface area contributed by atoms with Crippen LogP contribution in [0.3, 0.4) is 0 Å². The molecule has 1 N–H and O–H groups in total. The Morgan fingerprint density at radius 1 is 1.28 bits per heavy atom. The van der Waals surface area contributed by atoms with Crippen molar-refractivity contribution in [3.8, 4) is 17.4 Å². The van der Waals surface area contributed by atoms with E-state index in [9.17, 15) is 4.79 Å². The third-order valence-electron chi connectivity index (χ3n) is 3.77. The SMILES string of the molecule is CCOc1ccccc1Oc1ccc(CNC(=O)C2CC2(Cl)Cl)cn1. The van der Waals surface area contributed by atoms with Crippen molar-refractivity contribution in [1.29, 1.82) is 0 Å². The van der Waals surface area contributed by atoms with Gasteiger partial charge in [0, 0.05) is 18.8 Å². The second kappa shape index (κ2) is 7.50. The van der Waals surface area contributed by atoms with Gasteiger partial charge >= 0.3 is 0 Å². The number of para-hydroxylation sites is 2. The minimum atomic E-state index is -0.909. The quantitative estimate of drug-likeness (QED) is 0.735. The molecule has 1 amide bonds. The Hall–Kier alpha value is -1.98. The van der Waals surface area contributed by atoms with Crippen molar-refractivity contribution >= 4 is 29.1 Å². The first-order valence-electron chi connectivity index (χ1n) is 8.00. The molecule has 1 fully saturated rings. The highest BCUT2D eigenvalue weighted by atomic mass is 35.5. The summed E-state index contributed by atoms with van der Waals surface area (Å²) >= 11 is 11.8. The van der Waals surface area contributed by atoms with E-state index in [2.05, 4.69) is 10.3 Å². The second-order valence-electron chi connectivity index (χ2n) is 5.72. The lowest BCUT2D eigenvalue weighted by Gasteiger charge is -2.11. The van der Waals surface area contributed by atoms with Crippen LogP contribution in [-0.4, -0.2) is 21.8 Å². The molecule has 1 aliphatic rings. The van der Waals surface area contributed by atoms with Gasteiger partial charge in [0.2, 0.25) is 11.8 Å². The summed E-state index contributed by atoms with van der Waals surface area (Å²) in [5.41, 5.74) is 0.856. The summed E-state index contributed by atoms with van der Waals surface area (Å²) in [6.07, 6.45) is 2.15. The third kappa shape index (κ3) is 4.55. The Kier molecular flexibility index (Phi) is 5.35. The van der Waals surface area contributed by atoms with E-state index in [1.54, 1.807) is 12.3 Å². The van der Waals surface area contributed by atoms with Crippen LogP contribution in [0.5, 0.6) is 17.4 Å². The lowest BCUT2D eigenvalue weighted by atomic mass is 10.2. The number of hydrogen-bond acceptors (Lipinski definition) is 4. The van der Waals surface area contributed by atoms with Crippen LogP contribution in [-0.2, 0) is 11.3 Å². The third-order valence-corrected chi connectivity index (χ3v) is 4.61. The molecule has 1 heterocycles. The molecule has 0 radical (unpaired) electrons. The van der Waals surface area contributed by atoms with Crippen LogP contribution in [0, 0.1) is 5.92 Å². The van der Waals surface area contributed by atoms with Crippen molar-refractivity contribution in [3.63, 3.8) is 0 Å². The number of rotatable bonds is 7. The van der Waals surface area contributed by atoms with E-state index >= 15 is 0 Å². The highest BCUT2D eigenvalue weighted by Crippen LogP contribution is 2.53. The number of amides is 1. The van der Waals surface area contributed by atoms with Gasteiger partial charge in [0.1, 0.15) is 4.33 Å². The van der Waals surface area contributed by atoms with E-state index in [1.807, 2.05) is 37.3 Å². The van der Waals surface area contributed by atoms with Gasteiger partial charge in [0.25, 0.3) is 0 Å². The number of pyridine rings is 1. The zero-order valence-electron chi connectivity index (χ0n) is 13.7. The molecule has 1 aromatic carbocycles. The fourth-order valence-electron chi connectivity index (χ4n) is 2.31. The minimum absolute atomic E-state index is 0.143. The first kappa shape index (κ1) is 17.8. The van der Waals surface area contributed by atoms with Gasteiger partial charge < -0.3 is 14.8 Å². The van der Waals surface area contributed by atoms with E-state index in [4.69, 9.17) is 32.7 Å². The van der Waals surface area contributed by atoms with E-state index in [0.717, 1.165) is 5.56 Å². The summed E-state index contributed by atoms with van der Waals surface area (Å²) < 4.78 is 10.4. The largest absolute Gasteiger partial charge is 0.490 e. The molecule has 0 spiro atoms. The van der Waals surface area contributed by atoms with Crippen molar-refractivity contribution in [2.24, 2.45) is 5.92 Å². The maximum absolute atomic E-state index is 11.9. The minimum Gasteiger partial charge on any atom is -0.490 e. The van der Waals surface area contributed by atoms with Crippen molar-refractivity contribution in [1.82, 2.24) is 10.3 Å². The summed E-state index contributed by atoms with van der Waals surface area (Å²) in [5, 5.41) is 2.80. The highest BCUT2D eigenvalue weighted by Gasteiger charge is 2.56. The maximum Gasteiger partial charge on any atom is 0.226 e. The number of benzene rings is 1. The standard InChI is InChI=1S/C18H18Cl2N2O3/c1-2-24-14-5-3-4-6-15(14)25-16-8-7-12(10-21-16)11-22-17(23)13-9-18(13,19)20/h3-8,10,13H,2,9,11H2,1H3,(H,22,23). The van der Waals surface area contributed by atoms with Gasteiger partial charge in [-0.1, -0.05) is 18.2 Å². The summed E-state index contributed by atoms with van der Waals surface area (Å²) in [5.74, 6) is 1.24. The van der Waals surface area contributed by atoms with Crippen LogP contribution in [0.2, 0.25) is 0 Å². The average molecular weight is 381 g/mol. The Labute approximate surface area is 156 Å². The maximum atomic E-state index is 11.9. The molecule has 3 rings (SSSR count). The van der Waals surface area contributed by atoms with Crippen LogP contribution in [0.4, 0.5) is 0 Å². The number of carbonyl (C=O) groups excluding carboxylic acids is 1. The number of ether oxygens (including phenoxy) is 2. The van der Waals surface area contributed by atoms with Crippen LogP contribution in [0.1, 0.15) is 18.9 Å². The number of alkyl halides is 2. The first-order chi connectivity index (χ1) is 12.0. The van der Waals surface area contributed by atoms with Gasteiger partial charge in [0.05, 0.1) is 12.5 Å². The normalized spacial score (nSPS) is 17.6. The Morgan fingerprint density at radius 2 is 2.00 bits per heavy atom. The van der Waals surface area contributed by atoms with Crippen LogP contribution < -0.4 is 14.8 Å². The number of carbonyl (C=O) groups is 1. The summed E-state index contributed by atoms with van der Waals surface area (Å²) in [6.45, 7) is 2.83. The average Bonchev–Trinajstić information content (AvgIpc) is 3.24. The summed E-state index contributed by atoms with van der Waals surface area (Å²) in [7, 11) is 0. The van der Waals surface area contributed by atoms with Gasteiger partial charge in [-0.25, -0.2) is 4.98 Å². The fraction of sp³-hybridized carbons (Fsp3) is 0.333. The molecule has 0 bridgehead atoms. The molecule has 1 saturated carbocycles. The van der Waals surface area contributed by atoms with Gasteiger partial charge in [-0.3, -0.25) is 4.79 Å². The molecule has 25 heavy (non-hydrogen) atoms. The molecule has 0 aliphatic heterocycles. The van der Waals surface area contributed by atoms with E-state index < -0.39 is 4.33 Å². The van der Waals surface area contributed by atoms with Gasteiger partial charge in [-0.05, 0) is 31.0 Å². The number of halogens is 2. The summed E-state index contributed by atoms with van der Waals surface area (Å²) in [4.78, 5) is 16.1. The molecule has 2 aromatic rings. The molecular formula is C18H18Cl2N2O3. The molecule has 1 aromatic heterocycles. The van der Waals surface area contributed by atoms with E-state index in [-0.39, 0.29) is 11.8 Å². The highest BCUT2D eigenvalue weighted by molar-refractivity contribution is 6.52. The molecule has 7 heteroatoms. The van der Waals surface area contributed by atoms with Crippen molar-refractivity contribution in [2.45, 2.75) is 24.2 Å². The molecule has 132 valence electrons. The Morgan fingerprint density at radius 3 is 2.60 bits per heavy atom. The number of nitrogens with zero attached hydrogens (tertiary/aromatic N) is 1. The topological polar surface area (TPSA) is 60.5 Å². The van der Waals surface area contributed by atoms with Gasteiger partial charge in [-0.2, -0.15) is 0 Å². The predicted octanol–water partition coefficient (Wildman–Crippen LogP) is 4.08. The fourth-order valence-corrected chi connectivity index (χ4v) is 2.81. The van der Waals surface area contributed by atoms with Crippen LogP contribution >= 0.6 is 23.2 Å². The number of nitrogens with one attached hydrogen (secondary N) is 1. The molecule has 1 unspecified atom stereocenters. The second-order valence-corrected chi connectivity index (χ2v) is 7.26. The molecule has 1 atom stereocenters. The smallest absolute Gasteiger partial charge is 0.226 e. The monoisotopic (exact) mass is 380 g/mol. The van der Waals surface area contributed by atoms with Crippen LogP contribution in [0.25, 0.3) is 0 Å². The lowest BCUT2D eigenvalue weighted by Crippen LogP contribution is -2.26. The van der Waals surface area contributed by atoms with Crippen LogP contribution in [0.15, 0.2) is 42.6 Å². The zero-order valence-corrected chi connectivity index (χ0v) is 15.2. The van der Waals surface area contributed by atoms with E-state index in [1.165, 1.54) is 0 Å². The molecular weight excluding hydrogens is 363 g/mol. The van der Waals surface area contributed by atoms with Gasteiger partial charge in [0.15, 0.2) is 11.5 Å². The molecule has 0 saturated heterocycles. The lowest BCUT2D eigenvalue weighted by molar-refractivity contribution is -0.122.